The van der Waals surface area contributed by atoms with Crippen LogP contribution in [-0.4, -0.2) is 41.0 Å². The number of hydrogen-bond acceptors (Lipinski definition) is 5. The van der Waals surface area contributed by atoms with Gasteiger partial charge in [0, 0.05) is 13.1 Å². The van der Waals surface area contributed by atoms with Gasteiger partial charge in [0.2, 0.25) is 0 Å². The van der Waals surface area contributed by atoms with E-state index in [1.54, 1.807) is 30.3 Å². The van der Waals surface area contributed by atoms with Crippen molar-refractivity contribution < 1.29 is 32.6 Å². The summed E-state index contributed by atoms with van der Waals surface area (Å²) in [6.45, 7) is 5.28. The van der Waals surface area contributed by atoms with Gasteiger partial charge < -0.3 is 26.2 Å². The fourth-order valence-electron chi connectivity index (χ4n) is 2.64. The van der Waals surface area contributed by atoms with E-state index in [0.29, 0.717) is 12.1 Å². The lowest BCUT2D eigenvalue weighted by atomic mass is 10.1. The van der Waals surface area contributed by atoms with E-state index < -0.39 is 42.3 Å². The highest BCUT2D eigenvalue weighted by molar-refractivity contribution is 5.82. The third kappa shape index (κ3) is 12.8. The quantitative estimate of drug-likeness (QED) is 0.480. The van der Waals surface area contributed by atoms with E-state index >= 15 is 0 Å². The monoisotopic (exact) mass is 483 g/mol. The summed E-state index contributed by atoms with van der Waals surface area (Å²) in [5.41, 5.74) is 6.31. The highest BCUT2D eigenvalue weighted by Crippen LogP contribution is 2.23. The molecule has 188 valence electrons. The molecule has 2 atom stereocenters. The normalized spacial score (nSPS) is 13.1. The van der Waals surface area contributed by atoms with Gasteiger partial charge in [-0.3, -0.25) is 4.79 Å². The summed E-state index contributed by atoms with van der Waals surface area (Å²) in [5, 5.41) is 14.2. The molecule has 7 nitrogen and oxygen atoms in total. The zero-order valence-corrected chi connectivity index (χ0v) is 19.4. The predicted octanol–water partition coefficient (Wildman–Crippen LogP) is 3.65. The van der Waals surface area contributed by atoms with E-state index in [2.05, 4.69) is 5.32 Å². The fraction of sp³-hybridized carbons (Fsp3) is 0.417. The lowest BCUT2D eigenvalue weighted by Gasteiger charge is -2.26. The van der Waals surface area contributed by atoms with Crippen LogP contribution in [0.15, 0.2) is 60.7 Å². The second-order valence-electron chi connectivity index (χ2n) is 8.41. The minimum atomic E-state index is -4.69. The number of alkyl carbamates (subject to hydrolysis) is 1. The van der Waals surface area contributed by atoms with Crippen LogP contribution in [0.2, 0.25) is 0 Å². The summed E-state index contributed by atoms with van der Waals surface area (Å²) in [4.78, 5) is 23.7. The Hall–Kier alpha value is -3.11. The highest BCUT2D eigenvalue weighted by atomic mass is 19.4. The summed E-state index contributed by atoms with van der Waals surface area (Å²) in [5.74, 6) is -1.03. The first-order valence-corrected chi connectivity index (χ1v) is 10.6. The van der Waals surface area contributed by atoms with Crippen LogP contribution in [0.3, 0.4) is 0 Å². The topological polar surface area (TPSA) is 114 Å². The summed E-state index contributed by atoms with van der Waals surface area (Å²) in [6, 6.07) is 16.8. The third-order valence-corrected chi connectivity index (χ3v) is 4.19. The van der Waals surface area contributed by atoms with Crippen LogP contribution < -0.4 is 16.4 Å². The molecule has 2 rings (SSSR count). The second-order valence-corrected chi connectivity index (χ2v) is 8.41. The number of amides is 2. The van der Waals surface area contributed by atoms with Gasteiger partial charge in [-0.05, 0) is 31.9 Å². The van der Waals surface area contributed by atoms with Crippen molar-refractivity contribution in [1.29, 1.82) is 0 Å². The molecule has 2 unspecified atom stereocenters. The number of hydrogen-bond donors (Lipinski definition) is 4. The van der Waals surface area contributed by atoms with Gasteiger partial charge >= 0.3 is 12.3 Å². The number of benzene rings is 2. The number of carbonyl (C=O) groups is 2. The molecular formula is C24H32F3N3O4. The number of aliphatic hydroxyl groups excluding tert-OH is 1. The van der Waals surface area contributed by atoms with Gasteiger partial charge in [0.15, 0.2) is 6.10 Å². The Balaban J connectivity index is 0.000000605. The first kappa shape index (κ1) is 28.9. The van der Waals surface area contributed by atoms with Crippen molar-refractivity contribution >= 4 is 12.0 Å². The molecule has 0 aliphatic rings. The molecule has 0 saturated carbocycles. The Bertz CT molecular complexity index is 873. The summed E-state index contributed by atoms with van der Waals surface area (Å²) in [6.07, 6.45) is -9.51. The Morgan fingerprint density at radius 3 is 1.88 bits per heavy atom. The van der Waals surface area contributed by atoms with Crippen LogP contribution in [0.1, 0.15) is 38.3 Å². The largest absolute Gasteiger partial charge is 0.444 e. The molecule has 0 fully saturated rings. The van der Waals surface area contributed by atoms with Gasteiger partial charge in [0.1, 0.15) is 5.60 Å². The minimum absolute atomic E-state index is 0.0297. The molecule has 0 heterocycles. The molecule has 0 aliphatic carbocycles. The number of nitrogens with two attached hydrogens (primary N) is 1. The molecule has 10 heteroatoms. The van der Waals surface area contributed by atoms with Crippen molar-refractivity contribution in [2.75, 3.05) is 0 Å². The zero-order chi connectivity index (χ0) is 25.8. The molecule has 0 aliphatic heterocycles. The molecule has 34 heavy (non-hydrogen) atoms. The van der Waals surface area contributed by atoms with Gasteiger partial charge in [0.25, 0.3) is 5.91 Å². The number of ether oxygens (including phenoxy) is 1. The standard InChI is InChI=1S/C17H23F3N2O4.C7H9N/c1-16(2,3)26-15(25)22-12(9-17(18,19)20)13(23)14(24)21-10-11-7-5-4-6-8-11;8-6-7-4-2-1-3-5-7/h4-8,12-13,23H,9-10H2,1-3H3,(H,21,24)(H,22,25);1-5H,6,8H2. The Kier molecular flexibility index (Phi) is 11.5. The summed E-state index contributed by atoms with van der Waals surface area (Å²) in [7, 11) is 0. The number of nitrogens with one attached hydrogen (secondary N) is 2. The first-order chi connectivity index (χ1) is 15.8. The molecule has 2 amide bonds. The Morgan fingerprint density at radius 2 is 1.47 bits per heavy atom. The van der Waals surface area contributed by atoms with Crippen molar-refractivity contribution in [3.63, 3.8) is 0 Å². The summed E-state index contributed by atoms with van der Waals surface area (Å²) >= 11 is 0. The van der Waals surface area contributed by atoms with E-state index in [4.69, 9.17) is 10.5 Å². The van der Waals surface area contributed by atoms with E-state index in [0.717, 1.165) is 0 Å². The molecule has 0 bridgehead atoms. The Morgan fingerprint density at radius 1 is 0.971 bits per heavy atom. The number of carbonyl (C=O) groups excluding carboxylic acids is 2. The summed E-state index contributed by atoms with van der Waals surface area (Å²) < 4.78 is 43.1. The fourth-order valence-corrected chi connectivity index (χ4v) is 2.64. The predicted molar refractivity (Wildman–Crippen MR) is 122 cm³/mol. The van der Waals surface area contributed by atoms with Crippen LogP contribution in [-0.2, 0) is 22.6 Å². The molecule has 5 N–H and O–H groups in total. The lowest BCUT2D eigenvalue weighted by molar-refractivity contribution is -0.151. The number of halogens is 3. The molecule has 0 radical (unpaired) electrons. The van der Waals surface area contributed by atoms with Crippen LogP contribution in [0, 0.1) is 0 Å². The molecule has 0 saturated heterocycles. The number of alkyl halides is 3. The van der Waals surface area contributed by atoms with Crippen molar-refractivity contribution in [1.82, 2.24) is 10.6 Å². The van der Waals surface area contributed by atoms with Crippen molar-refractivity contribution in [3.8, 4) is 0 Å². The van der Waals surface area contributed by atoms with Crippen molar-refractivity contribution in [3.05, 3.63) is 71.8 Å². The van der Waals surface area contributed by atoms with Crippen LogP contribution >= 0.6 is 0 Å². The van der Waals surface area contributed by atoms with Gasteiger partial charge in [-0.1, -0.05) is 60.7 Å². The molecule has 2 aromatic rings. The average molecular weight is 484 g/mol. The third-order valence-electron chi connectivity index (χ3n) is 4.19. The SMILES string of the molecule is CC(C)(C)OC(=O)NC(CC(F)(F)F)C(O)C(=O)NCc1ccccc1.NCc1ccccc1. The van der Waals surface area contributed by atoms with E-state index in [1.807, 2.05) is 35.6 Å². The van der Waals surface area contributed by atoms with Gasteiger partial charge in [-0.15, -0.1) is 0 Å². The highest BCUT2D eigenvalue weighted by Gasteiger charge is 2.39. The van der Waals surface area contributed by atoms with Crippen LogP contribution in [0.4, 0.5) is 18.0 Å². The van der Waals surface area contributed by atoms with Gasteiger partial charge in [-0.25, -0.2) is 4.79 Å². The Labute approximate surface area is 197 Å². The van der Waals surface area contributed by atoms with Gasteiger partial charge in [0.05, 0.1) is 12.5 Å². The van der Waals surface area contributed by atoms with E-state index in [9.17, 15) is 27.9 Å². The van der Waals surface area contributed by atoms with Crippen molar-refractivity contribution in [2.24, 2.45) is 5.73 Å². The second kappa shape index (κ2) is 13.6. The van der Waals surface area contributed by atoms with Gasteiger partial charge in [-0.2, -0.15) is 13.2 Å². The smallest absolute Gasteiger partial charge is 0.407 e. The maximum atomic E-state index is 12.7. The molecule has 0 aromatic heterocycles. The number of rotatable bonds is 7. The maximum absolute atomic E-state index is 12.7. The average Bonchev–Trinajstić information content (AvgIpc) is 2.76. The van der Waals surface area contributed by atoms with Crippen molar-refractivity contribution in [2.45, 2.75) is 64.2 Å². The molecule has 0 spiro atoms. The zero-order valence-electron chi connectivity index (χ0n) is 19.4. The van der Waals surface area contributed by atoms with E-state index in [1.165, 1.54) is 26.3 Å². The maximum Gasteiger partial charge on any atom is 0.407 e. The molecule has 2 aromatic carbocycles. The van der Waals surface area contributed by atoms with Crippen LogP contribution in [0.5, 0.6) is 0 Å². The first-order valence-electron chi connectivity index (χ1n) is 10.6. The number of aliphatic hydroxyl groups is 1. The minimum Gasteiger partial charge on any atom is -0.444 e. The van der Waals surface area contributed by atoms with E-state index in [-0.39, 0.29) is 6.54 Å². The lowest BCUT2D eigenvalue weighted by Crippen LogP contribution is -2.53. The van der Waals surface area contributed by atoms with Crippen LogP contribution in [0.25, 0.3) is 0 Å². The molecular weight excluding hydrogens is 451 g/mol.